The first kappa shape index (κ1) is 15.5. The van der Waals surface area contributed by atoms with E-state index in [4.69, 9.17) is 5.73 Å². The molecule has 0 amide bonds. The molecule has 1 heterocycles. The fourth-order valence-corrected chi connectivity index (χ4v) is 2.91. The summed E-state index contributed by atoms with van der Waals surface area (Å²) in [5.41, 5.74) is 9.96. The van der Waals surface area contributed by atoms with Crippen LogP contribution in [0.15, 0.2) is 18.2 Å². The molecule has 1 fully saturated rings. The lowest BCUT2D eigenvalue weighted by Gasteiger charge is -2.32. The molecule has 1 saturated heterocycles. The topological polar surface area (TPSA) is 29.3 Å². The Balaban J connectivity index is 0.00000162. The van der Waals surface area contributed by atoms with E-state index in [2.05, 4.69) is 36.9 Å². The minimum atomic E-state index is 0. The molecular formula is C15H25ClN2. The van der Waals surface area contributed by atoms with Crippen molar-refractivity contribution >= 4 is 12.4 Å². The Hall–Kier alpha value is -0.570. The Kier molecular flexibility index (Phi) is 6.13. The van der Waals surface area contributed by atoms with Crippen molar-refractivity contribution in [2.24, 2.45) is 11.7 Å². The Labute approximate surface area is 117 Å². The maximum absolute atomic E-state index is 5.78. The van der Waals surface area contributed by atoms with Gasteiger partial charge in [-0.2, -0.15) is 0 Å². The summed E-state index contributed by atoms with van der Waals surface area (Å²) in [5.74, 6) is 0.703. The highest BCUT2D eigenvalue weighted by Gasteiger charge is 2.18. The van der Waals surface area contributed by atoms with Crippen LogP contribution in [0.25, 0.3) is 0 Å². The lowest BCUT2D eigenvalue weighted by Crippen LogP contribution is -2.37. The van der Waals surface area contributed by atoms with Gasteiger partial charge in [0.25, 0.3) is 0 Å². The van der Waals surface area contributed by atoms with Crippen molar-refractivity contribution in [1.82, 2.24) is 4.90 Å². The van der Waals surface area contributed by atoms with E-state index < -0.39 is 0 Å². The Morgan fingerprint density at radius 2 is 1.89 bits per heavy atom. The number of aryl methyl sites for hydroxylation is 2. The van der Waals surface area contributed by atoms with Crippen LogP contribution in [-0.2, 0) is 6.54 Å². The number of piperidine rings is 1. The van der Waals surface area contributed by atoms with Gasteiger partial charge >= 0.3 is 0 Å². The van der Waals surface area contributed by atoms with E-state index in [-0.39, 0.29) is 12.4 Å². The standard InChI is InChI=1S/C15H24N2.ClH/c1-12-6-13(2)8-15(7-12)11-17-5-3-4-14(9-16)10-17;/h6-8,14H,3-5,9-11,16H2,1-2H3;1H. The zero-order valence-electron chi connectivity index (χ0n) is 11.5. The second-order valence-corrected chi connectivity index (χ2v) is 5.48. The maximum Gasteiger partial charge on any atom is 0.0234 e. The van der Waals surface area contributed by atoms with Crippen LogP contribution in [0, 0.1) is 19.8 Å². The van der Waals surface area contributed by atoms with Crippen molar-refractivity contribution in [3.05, 3.63) is 34.9 Å². The third kappa shape index (κ3) is 4.27. The van der Waals surface area contributed by atoms with Crippen molar-refractivity contribution in [3.8, 4) is 0 Å². The first-order chi connectivity index (χ1) is 8.17. The summed E-state index contributed by atoms with van der Waals surface area (Å²) in [7, 11) is 0. The van der Waals surface area contributed by atoms with Gasteiger partial charge in [-0.15, -0.1) is 12.4 Å². The number of rotatable bonds is 3. The number of nitrogens with two attached hydrogens (primary N) is 1. The average Bonchev–Trinajstić information content (AvgIpc) is 2.28. The monoisotopic (exact) mass is 268 g/mol. The summed E-state index contributed by atoms with van der Waals surface area (Å²) in [4.78, 5) is 2.55. The summed E-state index contributed by atoms with van der Waals surface area (Å²) in [6.45, 7) is 8.67. The molecule has 0 saturated carbocycles. The number of benzene rings is 1. The fraction of sp³-hybridized carbons (Fsp3) is 0.600. The van der Waals surface area contributed by atoms with Crippen LogP contribution in [0.5, 0.6) is 0 Å². The summed E-state index contributed by atoms with van der Waals surface area (Å²) in [6, 6.07) is 6.85. The van der Waals surface area contributed by atoms with Crippen molar-refractivity contribution in [3.63, 3.8) is 0 Å². The summed E-state index contributed by atoms with van der Waals surface area (Å²) in [5, 5.41) is 0. The number of nitrogens with zero attached hydrogens (tertiary/aromatic N) is 1. The molecule has 18 heavy (non-hydrogen) atoms. The predicted octanol–water partition coefficient (Wildman–Crippen LogP) is 2.90. The highest BCUT2D eigenvalue weighted by molar-refractivity contribution is 5.85. The van der Waals surface area contributed by atoms with Crippen LogP contribution in [0.4, 0.5) is 0 Å². The number of likely N-dealkylation sites (tertiary alicyclic amines) is 1. The van der Waals surface area contributed by atoms with Gasteiger partial charge in [0.15, 0.2) is 0 Å². The fourth-order valence-electron chi connectivity index (χ4n) is 2.91. The van der Waals surface area contributed by atoms with Crippen LogP contribution in [0.3, 0.4) is 0 Å². The molecule has 1 aromatic carbocycles. The first-order valence-corrected chi connectivity index (χ1v) is 6.67. The highest BCUT2D eigenvalue weighted by atomic mass is 35.5. The van der Waals surface area contributed by atoms with Crippen molar-refractivity contribution in [2.45, 2.75) is 33.2 Å². The van der Waals surface area contributed by atoms with Crippen LogP contribution < -0.4 is 5.73 Å². The second-order valence-electron chi connectivity index (χ2n) is 5.48. The molecule has 2 rings (SSSR count). The van der Waals surface area contributed by atoms with Gasteiger partial charge < -0.3 is 5.73 Å². The largest absolute Gasteiger partial charge is 0.330 e. The number of hydrogen-bond donors (Lipinski definition) is 1. The minimum Gasteiger partial charge on any atom is -0.330 e. The Morgan fingerprint density at radius 1 is 1.22 bits per heavy atom. The van der Waals surface area contributed by atoms with Gasteiger partial charge in [0, 0.05) is 13.1 Å². The minimum absolute atomic E-state index is 0. The van der Waals surface area contributed by atoms with Crippen LogP contribution in [-0.4, -0.2) is 24.5 Å². The zero-order valence-corrected chi connectivity index (χ0v) is 12.3. The molecule has 102 valence electrons. The molecular weight excluding hydrogens is 244 g/mol. The van der Waals surface area contributed by atoms with Gasteiger partial charge in [-0.3, -0.25) is 4.90 Å². The molecule has 0 spiro atoms. The normalized spacial score (nSPS) is 20.5. The Morgan fingerprint density at radius 3 is 2.50 bits per heavy atom. The SMILES string of the molecule is Cc1cc(C)cc(CN2CCCC(CN)C2)c1.Cl. The summed E-state index contributed by atoms with van der Waals surface area (Å²) in [6.07, 6.45) is 2.60. The molecule has 2 nitrogen and oxygen atoms in total. The number of halogens is 1. The van der Waals surface area contributed by atoms with Crippen molar-refractivity contribution in [1.29, 1.82) is 0 Å². The third-order valence-corrected chi connectivity index (χ3v) is 3.62. The smallest absolute Gasteiger partial charge is 0.0234 e. The van der Waals surface area contributed by atoms with Gasteiger partial charge in [0.05, 0.1) is 0 Å². The lowest BCUT2D eigenvalue weighted by molar-refractivity contribution is 0.171. The molecule has 0 aromatic heterocycles. The number of hydrogen-bond acceptors (Lipinski definition) is 2. The van der Waals surface area contributed by atoms with Crippen molar-refractivity contribution < 1.29 is 0 Å². The van der Waals surface area contributed by atoms with Crippen LogP contribution >= 0.6 is 12.4 Å². The third-order valence-electron chi connectivity index (χ3n) is 3.62. The van der Waals surface area contributed by atoms with Gasteiger partial charge in [0.1, 0.15) is 0 Å². The second kappa shape index (κ2) is 7.13. The van der Waals surface area contributed by atoms with Gasteiger partial charge in [-0.05, 0) is 51.3 Å². The van der Waals surface area contributed by atoms with E-state index >= 15 is 0 Å². The van der Waals surface area contributed by atoms with Gasteiger partial charge in [0.2, 0.25) is 0 Å². The molecule has 1 aliphatic heterocycles. The molecule has 1 aromatic rings. The summed E-state index contributed by atoms with van der Waals surface area (Å²) < 4.78 is 0. The van der Waals surface area contributed by atoms with E-state index in [0.717, 1.165) is 13.1 Å². The van der Waals surface area contributed by atoms with E-state index in [0.29, 0.717) is 5.92 Å². The molecule has 1 unspecified atom stereocenters. The lowest BCUT2D eigenvalue weighted by atomic mass is 9.97. The molecule has 3 heteroatoms. The first-order valence-electron chi connectivity index (χ1n) is 6.67. The van der Waals surface area contributed by atoms with E-state index in [1.54, 1.807) is 0 Å². The molecule has 1 aliphatic rings. The molecule has 1 atom stereocenters. The Bertz CT molecular complexity index is 359. The van der Waals surface area contributed by atoms with E-state index in [9.17, 15) is 0 Å². The van der Waals surface area contributed by atoms with Gasteiger partial charge in [-0.25, -0.2) is 0 Å². The maximum atomic E-state index is 5.78. The molecule has 2 N–H and O–H groups in total. The summed E-state index contributed by atoms with van der Waals surface area (Å²) >= 11 is 0. The quantitative estimate of drug-likeness (QED) is 0.913. The van der Waals surface area contributed by atoms with Crippen molar-refractivity contribution in [2.75, 3.05) is 19.6 Å². The van der Waals surface area contributed by atoms with Gasteiger partial charge in [-0.1, -0.05) is 29.3 Å². The van der Waals surface area contributed by atoms with E-state index in [1.807, 2.05) is 0 Å². The average molecular weight is 269 g/mol. The van der Waals surface area contributed by atoms with Crippen LogP contribution in [0.2, 0.25) is 0 Å². The molecule has 0 bridgehead atoms. The van der Waals surface area contributed by atoms with Crippen LogP contribution in [0.1, 0.15) is 29.5 Å². The highest BCUT2D eigenvalue weighted by Crippen LogP contribution is 2.18. The zero-order chi connectivity index (χ0) is 12.3. The predicted molar refractivity (Wildman–Crippen MR) is 80.2 cm³/mol. The molecule has 0 radical (unpaired) electrons. The molecule has 0 aliphatic carbocycles. The van der Waals surface area contributed by atoms with E-state index in [1.165, 1.54) is 42.6 Å².